The Morgan fingerprint density at radius 2 is 1.00 bits per heavy atom. The topological polar surface area (TPSA) is 243 Å². The molecule has 8 amide bonds. The van der Waals surface area contributed by atoms with E-state index in [2.05, 4.69) is 62.4 Å². The van der Waals surface area contributed by atoms with Gasteiger partial charge in [-0.25, -0.2) is 9.59 Å². The van der Waals surface area contributed by atoms with Crippen molar-refractivity contribution in [2.24, 2.45) is 10.8 Å². The molecule has 2 heterocycles. The molecule has 4 aliphatic rings. The number of aryl methyl sites for hydroxylation is 2. The van der Waals surface area contributed by atoms with Gasteiger partial charge in [0, 0.05) is 33.0 Å². The Bertz CT molecular complexity index is 2900. The molecule has 0 spiro atoms. The number of nitrogens with one attached hydrogen (secondary N) is 5. The van der Waals surface area contributed by atoms with Crippen LogP contribution in [0.2, 0.25) is 0 Å². The van der Waals surface area contributed by atoms with Gasteiger partial charge in [0.05, 0.1) is 24.3 Å². The normalized spacial score (nSPS) is 21.7. The predicted octanol–water partition coefficient (Wildman–Crippen LogP) is 6.58. The van der Waals surface area contributed by atoms with E-state index in [1.807, 2.05) is 77.9 Å². The number of likely N-dealkylation sites (N-methyl/N-ethyl adjacent to an activating group) is 1. The van der Waals surface area contributed by atoms with Crippen LogP contribution in [0.3, 0.4) is 0 Å². The van der Waals surface area contributed by atoms with Gasteiger partial charge in [-0.1, -0.05) is 102 Å². The summed E-state index contributed by atoms with van der Waals surface area (Å²) in [4.78, 5) is 115. The highest BCUT2D eigenvalue weighted by molar-refractivity contribution is 5.96. The molecule has 10 atom stereocenters. The number of likely N-dealkylation sites (tertiary alicyclic amines) is 2. The molecule has 2 saturated heterocycles. The molecule has 2 fully saturated rings. The molecule has 2 aliphatic heterocycles. The van der Waals surface area contributed by atoms with Crippen LogP contribution >= 0.6 is 0 Å². The number of amides is 8. The van der Waals surface area contributed by atoms with E-state index < -0.39 is 106 Å². The molecule has 1 unspecified atom stereocenters. The lowest BCUT2D eigenvalue weighted by molar-refractivity contribution is -0.144. The summed E-state index contributed by atoms with van der Waals surface area (Å²) in [5.41, 5.74) is 1.18. The van der Waals surface area contributed by atoms with Crippen LogP contribution in [0.25, 0.3) is 0 Å². The third-order valence-electron chi connectivity index (χ3n) is 15.7. The van der Waals surface area contributed by atoms with Crippen molar-refractivity contribution in [2.45, 2.75) is 220 Å². The summed E-state index contributed by atoms with van der Waals surface area (Å²) in [5, 5.41) is 14.7. The first-order chi connectivity index (χ1) is 39.7. The van der Waals surface area contributed by atoms with Crippen LogP contribution in [0.15, 0.2) is 48.5 Å². The van der Waals surface area contributed by atoms with Gasteiger partial charge in [-0.15, -0.1) is 0 Å². The monoisotopic (exact) mass is 1180 g/mol. The average Bonchev–Trinajstić information content (AvgIpc) is 2.44. The standard InChI is InChI=1S/C65H92N8O12/c1-40(66-60(80)84-64(9,10)11)54(74)69-52(62(3,4)5)58(78)72-38-44(36-50(72)56(76)67-48-32-24-28-42-26-18-20-30-46(42)48)82-34-22-16-17-23-35-83-45-37-51(57(77)68-49-33-25-29-43-27-19-21-31-47(43)49)73(39-45)59(79)53(63(6,7)8)70-55(75)41(2)71(15)61(81)85-65(12,13)14/h18-21,26-27,30-31,40-41,44-45,48-53H,24-25,28-29,32-39H2,1-15H3,(H,66,80)(H,67,76)(H,68,77)(H,69,74)(H,70,75)/t40-,41-,44-,45-,48+,49?,50-,51-,52+,53+/m0/s1. The number of nitrogens with zero attached hydrogens (tertiary/aromatic N) is 3. The molecular weight excluding hydrogens is 1080 g/mol. The Morgan fingerprint density at radius 1 is 0.588 bits per heavy atom. The molecule has 20 nitrogen and oxygen atoms in total. The van der Waals surface area contributed by atoms with Gasteiger partial charge in [-0.05, 0) is 139 Å². The number of ether oxygens (including phenoxy) is 4. The maximum absolute atomic E-state index is 14.8. The predicted molar refractivity (Wildman–Crippen MR) is 321 cm³/mol. The second-order valence-electron chi connectivity index (χ2n) is 27.0. The highest BCUT2D eigenvalue weighted by Gasteiger charge is 2.48. The number of carbonyl (C=O) groups is 8. The van der Waals surface area contributed by atoms with E-state index in [1.165, 1.54) is 28.7 Å². The molecule has 2 aliphatic carbocycles. The van der Waals surface area contributed by atoms with Crippen LogP contribution in [0.5, 0.6) is 0 Å². The highest BCUT2D eigenvalue weighted by atomic mass is 16.6. The van der Waals surface area contributed by atoms with Crippen LogP contribution in [-0.2, 0) is 60.6 Å². The van der Waals surface area contributed by atoms with Gasteiger partial charge in [-0.3, -0.25) is 33.7 Å². The zero-order chi connectivity index (χ0) is 62.8. The molecule has 0 radical (unpaired) electrons. The number of benzene rings is 2. The van der Waals surface area contributed by atoms with Crippen LogP contribution in [-0.4, -0.2) is 155 Å². The van der Waals surface area contributed by atoms with E-state index in [0.717, 1.165) is 60.8 Å². The Kier molecular flexibility index (Phi) is 22.3. The van der Waals surface area contributed by atoms with Crippen molar-refractivity contribution in [1.29, 1.82) is 0 Å². The SMILES string of the molecule is C[C@H](NC(=O)OC(C)(C)C)C(=O)N[C@H](C(=O)N1C[C@@H](OCC#CC#CCO[C@H]2C[C@@H](C(=O)NC3CCCc4ccccc43)N(C(=O)[C@@H](NC(=O)[C@H](C)N(C)C(=O)OC(C)(C)C)C(C)(C)C)C2)C[C@H]1C(=O)N[C@@H]1CCCc2ccccc21)C(C)(C)C. The molecule has 0 aromatic heterocycles. The first kappa shape index (κ1) is 67.0. The zero-order valence-corrected chi connectivity index (χ0v) is 52.6. The third-order valence-corrected chi connectivity index (χ3v) is 15.7. The Balaban J connectivity index is 1.13. The van der Waals surface area contributed by atoms with Gasteiger partial charge in [0.2, 0.25) is 35.4 Å². The summed E-state index contributed by atoms with van der Waals surface area (Å²) in [6.07, 6.45) is 2.69. The third kappa shape index (κ3) is 18.7. The minimum Gasteiger partial charge on any atom is -0.444 e. The van der Waals surface area contributed by atoms with Crippen LogP contribution in [0.1, 0.15) is 170 Å². The van der Waals surface area contributed by atoms with Crippen molar-refractivity contribution in [3.8, 4) is 23.7 Å². The number of carbonyl (C=O) groups excluding carboxylic acids is 8. The summed E-state index contributed by atoms with van der Waals surface area (Å²) in [6.45, 7) is 24.2. The number of rotatable bonds is 16. The summed E-state index contributed by atoms with van der Waals surface area (Å²) in [6, 6.07) is 9.40. The minimum absolute atomic E-state index is 0.0366. The van der Waals surface area contributed by atoms with E-state index in [4.69, 9.17) is 18.9 Å². The molecule has 464 valence electrons. The fourth-order valence-electron chi connectivity index (χ4n) is 11.0. The summed E-state index contributed by atoms with van der Waals surface area (Å²) >= 11 is 0. The largest absolute Gasteiger partial charge is 0.444 e. The van der Waals surface area contributed by atoms with E-state index in [1.54, 1.807) is 48.5 Å². The molecular formula is C65H92N8O12. The molecule has 2 aromatic rings. The lowest BCUT2D eigenvalue weighted by Crippen LogP contribution is -2.60. The number of alkyl carbamates (subject to hydrolysis) is 1. The van der Waals surface area contributed by atoms with Gasteiger partial charge in [0.25, 0.3) is 0 Å². The maximum atomic E-state index is 14.8. The summed E-state index contributed by atoms with van der Waals surface area (Å²) in [5.74, 6) is 8.58. The first-order valence-corrected chi connectivity index (χ1v) is 29.8. The maximum Gasteiger partial charge on any atom is 0.410 e. The lowest BCUT2D eigenvalue weighted by atomic mass is 9.85. The molecule has 6 rings (SSSR count). The number of fused-ring (bicyclic) bond motifs is 2. The van der Waals surface area contributed by atoms with E-state index in [9.17, 15) is 38.4 Å². The average molecular weight is 1180 g/mol. The molecule has 85 heavy (non-hydrogen) atoms. The lowest BCUT2D eigenvalue weighted by Gasteiger charge is -2.37. The molecule has 0 saturated carbocycles. The van der Waals surface area contributed by atoms with E-state index in [-0.39, 0.29) is 63.0 Å². The molecule has 20 heteroatoms. The van der Waals surface area contributed by atoms with Crippen molar-refractivity contribution < 1.29 is 57.3 Å². The highest BCUT2D eigenvalue weighted by Crippen LogP contribution is 2.34. The van der Waals surface area contributed by atoms with Gasteiger partial charge in [-0.2, -0.15) is 0 Å². The second-order valence-corrected chi connectivity index (χ2v) is 27.0. The van der Waals surface area contributed by atoms with Gasteiger partial charge in [0.1, 0.15) is 60.7 Å². The minimum atomic E-state index is -1.09. The Hall–Kier alpha value is -7.16. The van der Waals surface area contributed by atoms with Crippen molar-refractivity contribution >= 4 is 47.6 Å². The molecule has 2 aromatic carbocycles. The van der Waals surface area contributed by atoms with Gasteiger partial charge >= 0.3 is 12.2 Å². The molecule has 0 bridgehead atoms. The van der Waals surface area contributed by atoms with Crippen molar-refractivity contribution in [3.63, 3.8) is 0 Å². The zero-order valence-electron chi connectivity index (χ0n) is 52.6. The van der Waals surface area contributed by atoms with Crippen molar-refractivity contribution in [1.82, 2.24) is 41.3 Å². The summed E-state index contributed by atoms with van der Waals surface area (Å²) < 4.78 is 23.3. The van der Waals surface area contributed by atoms with Gasteiger partial charge < -0.3 is 55.3 Å². The smallest absolute Gasteiger partial charge is 0.410 e. The summed E-state index contributed by atoms with van der Waals surface area (Å²) in [7, 11) is 1.46. The Morgan fingerprint density at radius 3 is 1.41 bits per heavy atom. The first-order valence-electron chi connectivity index (χ1n) is 29.8. The quantitative estimate of drug-likeness (QED) is 0.112. The van der Waals surface area contributed by atoms with E-state index in [0.29, 0.717) is 0 Å². The van der Waals surface area contributed by atoms with Crippen LogP contribution in [0, 0.1) is 34.5 Å². The second kappa shape index (κ2) is 28.4. The molecule has 5 N–H and O–H groups in total. The van der Waals surface area contributed by atoms with Gasteiger partial charge in [0.15, 0.2) is 0 Å². The van der Waals surface area contributed by atoms with Crippen LogP contribution < -0.4 is 26.6 Å². The van der Waals surface area contributed by atoms with Crippen LogP contribution in [0.4, 0.5) is 9.59 Å². The fraction of sp³-hybridized carbons (Fsp3) is 0.631. The number of hydrogen-bond acceptors (Lipinski definition) is 12. The van der Waals surface area contributed by atoms with Crippen molar-refractivity contribution in [3.05, 3.63) is 70.8 Å². The fourth-order valence-corrected chi connectivity index (χ4v) is 11.0. The van der Waals surface area contributed by atoms with E-state index >= 15 is 0 Å². The Labute approximate surface area is 503 Å². The van der Waals surface area contributed by atoms with Crippen molar-refractivity contribution in [2.75, 3.05) is 33.4 Å². The number of hydrogen-bond donors (Lipinski definition) is 5.